The Balaban J connectivity index is 1.56. The van der Waals surface area contributed by atoms with Crippen LogP contribution in [0.3, 0.4) is 0 Å². The third-order valence-electron chi connectivity index (χ3n) is 4.42. The second-order valence-corrected chi connectivity index (χ2v) is 6.51. The Morgan fingerprint density at radius 1 is 1.17 bits per heavy atom. The number of hydrogen-bond acceptors (Lipinski definition) is 5. The van der Waals surface area contributed by atoms with E-state index in [1.807, 2.05) is 30.3 Å². The molecule has 2 aromatic rings. The van der Waals surface area contributed by atoms with E-state index in [1.165, 1.54) is 5.06 Å². The lowest BCUT2D eigenvalue weighted by molar-refractivity contribution is -0.114. The van der Waals surface area contributed by atoms with Crippen molar-refractivity contribution in [3.8, 4) is 11.5 Å². The first-order chi connectivity index (χ1) is 14.0. The van der Waals surface area contributed by atoms with E-state index in [1.54, 1.807) is 44.4 Å². The molecule has 1 N–H and O–H groups in total. The zero-order chi connectivity index (χ0) is 20.4. The lowest BCUT2D eigenvalue weighted by Gasteiger charge is -2.23. The zero-order valence-corrected chi connectivity index (χ0v) is 16.0. The number of aliphatic imine (C=N–C) groups is 1. The van der Waals surface area contributed by atoms with Crippen molar-refractivity contribution in [2.75, 3.05) is 7.11 Å². The van der Waals surface area contributed by atoms with Crippen molar-refractivity contribution in [3.63, 3.8) is 0 Å². The summed E-state index contributed by atoms with van der Waals surface area (Å²) in [5, 5.41) is 9.52. The standard InChI is InChI=1S/C22H19N3O4/c1-14-10-20-24-22(26)17(21(23)25(20)29-14)11-16-8-9-18(19(12-16)27-2)28-13-15-6-4-3-5-7-15/h3-12,23H,13H2,1-2H3/b17-11-,23-21?. The Morgan fingerprint density at radius 3 is 2.72 bits per heavy atom. The first kappa shape index (κ1) is 18.5. The number of amides is 1. The van der Waals surface area contributed by atoms with Crippen LogP contribution in [0.4, 0.5) is 0 Å². The summed E-state index contributed by atoms with van der Waals surface area (Å²) in [7, 11) is 1.55. The average molecular weight is 389 g/mol. The fourth-order valence-corrected chi connectivity index (χ4v) is 3.00. The Morgan fingerprint density at radius 2 is 1.97 bits per heavy atom. The largest absolute Gasteiger partial charge is 0.493 e. The van der Waals surface area contributed by atoms with Gasteiger partial charge < -0.3 is 14.3 Å². The Bertz CT molecular complexity index is 1070. The summed E-state index contributed by atoms with van der Waals surface area (Å²) >= 11 is 0. The number of ether oxygens (including phenoxy) is 2. The molecule has 29 heavy (non-hydrogen) atoms. The van der Waals surface area contributed by atoms with Gasteiger partial charge in [0, 0.05) is 6.08 Å². The van der Waals surface area contributed by atoms with E-state index in [9.17, 15) is 4.79 Å². The van der Waals surface area contributed by atoms with Crippen LogP contribution in [0.1, 0.15) is 18.1 Å². The van der Waals surface area contributed by atoms with Crippen molar-refractivity contribution in [2.24, 2.45) is 4.99 Å². The van der Waals surface area contributed by atoms with Crippen LogP contribution in [-0.2, 0) is 16.2 Å². The molecule has 0 atom stereocenters. The smallest absolute Gasteiger partial charge is 0.282 e. The highest BCUT2D eigenvalue weighted by Crippen LogP contribution is 2.31. The molecule has 0 saturated heterocycles. The van der Waals surface area contributed by atoms with Crippen LogP contribution in [-0.4, -0.2) is 29.8 Å². The second-order valence-electron chi connectivity index (χ2n) is 6.51. The number of fused-ring (bicyclic) bond motifs is 1. The first-order valence-electron chi connectivity index (χ1n) is 9.00. The molecule has 2 heterocycles. The van der Waals surface area contributed by atoms with Crippen LogP contribution in [0.5, 0.6) is 11.5 Å². The maximum absolute atomic E-state index is 12.4. The Labute approximate surface area is 168 Å². The second kappa shape index (κ2) is 7.63. The summed E-state index contributed by atoms with van der Waals surface area (Å²) in [6, 6.07) is 15.2. The summed E-state index contributed by atoms with van der Waals surface area (Å²) in [5.41, 5.74) is 1.87. The lowest BCUT2D eigenvalue weighted by Crippen LogP contribution is -2.38. The van der Waals surface area contributed by atoms with Gasteiger partial charge in [-0.2, -0.15) is 4.99 Å². The third-order valence-corrected chi connectivity index (χ3v) is 4.42. The molecule has 0 saturated carbocycles. The van der Waals surface area contributed by atoms with E-state index >= 15 is 0 Å². The molecule has 7 heteroatoms. The first-order valence-corrected chi connectivity index (χ1v) is 9.00. The number of benzene rings is 2. The van der Waals surface area contributed by atoms with E-state index in [2.05, 4.69) is 4.99 Å². The molecule has 0 aromatic heterocycles. The van der Waals surface area contributed by atoms with Gasteiger partial charge in [0.05, 0.1) is 12.7 Å². The topological polar surface area (TPSA) is 84.2 Å². The highest BCUT2D eigenvalue weighted by molar-refractivity contribution is 6.32. The van der Waals surface area contributed by atoms with Gasteiger partial charge in [0.25, 0.3) is 5.91 Å². The monoisotopic (exact) mass is 389 g/mol. The maximum Gasteiger partial charge on any atom is 0.282 e. The van der Waals surface area contributed by atoms with Crippen molar-refractivity contribution < 1.29 is 19.1 Å². The summed E-state index contributed by atoms with van der Waals surface area (Å²) < 4.78 is 11.3. The number of rotatable bonds is 5. The fraction of sp³-hybridized carbons (Fsp3) is 0.136. The predicted octanol–water partition coefficient (Wildman–Crippen LogP) is 3.72. The quantitative estimate of drug-likeness (QED) is 0.788. The van der Waals surface area contributed by atoms with Crippen LogP contribution in [0, 0.1) is 5.41 Å². The zero-order valence-electron chi connectivity index (χ0n) is 16.0. The Kier molecular flexibility index (Phi) is 4.87. The highest BCUT2D eigenvalue weighted by atomic mass is 16.7. The third kappa shape index (κ3) is 3.75. The van der Waals surface area contributed by atoms with Gasteiger partial charge in [-0.1, -0.05) is 36.4 Å². The van der Waals surface area contributed by atoms with E-state index in [4.69, 9.17) is 19.7 Å². The van der Waals surface area contributed by atoms with Crippen LogP contribution < -0.4 is 9.47 Å². The SMILES string of the molecule is COc1cc(/C=C2/C(=N)N3OC(C)=CC3=NC2=O)ccc1OCc1ccccc1. The number of carbonyl (C=O) groups excluding carboxylic acids is 1. The molecule has 0 unspecified atom stereocenters. The van der Waals surface area contributed by atoms with E-state index < -0.39 is 5.91 Å². The van der Waals surface area contributed by atoms with Gasteiger partial charge in [0.1, 0.15) is 12.4 Å². The fourth-order valence-electron chi connectivity index (χ4n) is 3.00. The molecular weight excluding hydrogens is 370 g/mol. The van der Waals surface area contributed by atoms with Crippen molar-refractivity contribution in [1.29, 1.82) is 5.41 Å². The number of hydroxylamine groups is 2. The number of amidine groups is 2. The van der Waals surface area contributed by atoms with Gasteiger partial charge in [-0.15, -0.1) is 5.06 Å². The minimum atomic E-state index is -0.487. The molecule has 2 aliphatic heterocycles. The molecule has 7 nitrogen and oxygen atoms in total. The molecule has 0 bridgehead atoms. The molecule has 1 amide bonds. The van der Waals surface area contributed by atoms with Crippen molar-refractivity contribution in [1.82, 2.24) is 5.06 Å². The van der Waals surface area contributed by atoms with Crippen molar-refractivity contribution in [3.05, 3.63) is 77.1 Å². The van der Waals surface area contributed by atoms with Gasteiger partial charge in [0.2, 0.25) is 0 Å². The molecule has 2 aromatic carbocycles. The molecular formula is C22H19N3O4. The minimum Gasteiger partial charge on any atom is -0.493 e. The number of hydrogen-bond donors (Lipinski definition) is 1. The molecule has 0 spiro atoms. The summed E-state index contributed by atoms with van der Waals surface area (Å²) in [6.45, 7) is 2.15. The van der Waals surface area contributed by atoms with Crippen molar-refractivity contribution in [2.45, 2.75) is 13.5 Å². The van der Waals surface area contributed by atoms with Gasteiger partial charge in [-0.25, -0.2) is 0 Å². The summed E-state index contributed by atoms with van der Waals surface area (Å²) in [5.74, 6) is 1.47. The molecule has 0 fully saturated rings. The maximum atomic E-state index is 12.4. The number of carbonyl (C=O) groups is 1. The van der Waals surface area contributed by atoms with Crippen LogP contribution in [0.2, 0.25) is 0 Å². The van der Waals surface area contributed by atoms with E-state index in [-0.39, 0.29) is 11.4 Å². The molecule has 4 rings (SSSR count). The number of methoxy groups -OCH3 is 1. The molecule has 0 aliphatic carbocycles. The number of nitrogens with one attached hydrogen (secondary N) is 1. The van der Waals surface area contributed by atoms with Crippen molar-refractivity contribution >= 4 is 23.7 Å². The van der Waals surface area contributed by atoms with Gasteiger partial charge in [0.15, 0.2) is 23.2 Å². The Hall–Kier alpha value is -3.87. The lowest BCUT2D eigenvalue weighted by atomic mass is 10.1. The molecule has 0 radical (unpaired) electrons. The van der Waals surface area contributed by atoms with E-state index in [0.29, 0.717) is 35.3 Å². The van der Waals surface area contributed by atoms with Gasteiger partial charge >= 0.3 is 0 Å². The summed E-state index contributed by atoms with van der Waals surface area (Å²) in [4.78, 5) is 21.8. The minimum absolute atomic E-state index is 0.0588. The van der Waals surface area contributed by atoms with Crippen LogP contribution in [0.25, 0.3) is 6.08 Å². The van der Waals surface area contributed by atoms with Crippen LogP contribution >= 0.6 is 0 Å². The summed E-state index contributed by atoms with van der Waals surface area (Å²) in [6.07, 6.45) is 3.20. The van der Waals surface area contributed by atoms with Crippen LogP contribution in [0.15, 0.2) is 70.9 Å². The number of allylic oxidation sites excluding steroid dienone is 1. The molecule has 146 valence electrons. The number of nitrogens with zero attached hydrogens (tertiary/aromatic N) is 2. The van der Waals surface area contributed by atoms with Gasteiger partial charge in [-0.05, 0) is 36.3 Å². The molecule has 2 aliphatic rings. The average Bonchev–Trinajstić information content (AvgIpc) is 3.11. The normalized spacial score (nSPS) is 16.9. The van der Waals surface area contributed by atoms with Gasteiger partial charge in [-0.3, -0.25) is 10.2 Å². The predicted molar refractivity (Wildman–Crippen MR) is 109 cm³/mol. The van der Waals surface area contributed by atoms with E-state index in [0.717, 1.165) is 5.56 Å². The highest BCUT2D eigenvalue weighted by Gasteiger charge is 2.34.